The van der Waals surface area contributed by atoms with E-state index in [1.54, 1.807) is 4.40 Å². The minimum Gasteiger partial charge on any atom is -0.476 e. The number of hydrogen-bond acceptors (Lipinski definition) is 8. The molecule has 37 heavy (non-hydrogen) atoms. The zero-order chi connectivity index (χ0) is 25.7. The van der Waals surface area contributed by atoms with Gasteiger partial charge in [-0.15, -0.1) is 5.10 Å². The summed E-state index contributed by atoms with van der Waals surface area (Å²) in [5.74, 6) is 1.17. The van der Waals surface area contributed by atoms with Crippen molar-refractivity contribution in [1.82, 2.24) is 35.0 Å². The molecule has 11 nitrogen and oxygen atoms in total. The molecule has 6 rings (SSSR count). The number of carboxylic acids is 1. The van der Waals surface area contributed by atoms with Gasteiger partial charge in [0.2, 0.25) is 5.78 Å². The summed E-state index contributed by atoms with van der Waals surface area (Å²) in [5.41, 5.74) is 3.96. The first-order valence-corrected chi connectivity index (χ1v) is 12.2. The molecule has 0 radical (unpaired) electrons. The fourth-order valence-corrected chi connectivity index (χ4v) is 4.87. The molecule has 0 bridgehead atoms. The van der Waals surface area contributed by atoms with E-state index in [1.807, 2.05) is 67.4 Å². The largest absolute Gasteiger partial charge is 0.476 e. The molecule has 0 amide bonds. The highest BCUT2D eigenvalue weighted by atomic mass is 79.9. The summed E-state index contributed by atoms with van der Waals surface area (Å²) in [6.07, 6.45) is 2.16. The van der Waals surface area contributed by atoms with Crippen LogP contribution in [0.1, 0.15) is 23.1 Å². The number of rotatable bonds is 6. The van der Waals surface area contributed by atoms with Gasteiger partial charge in [0, 0.05) is 47.2 Å². The van der Waals surface area contributed by atoms with Gasteiger partial charge in [0.1, 0.15) is 17.2 Å². The van der Waals surface area contributed by atoms with Crippen LogP contribution in [0.3, 0.4) is 0 Å². The van der Waals surface area contributed by atoms with Gasteiger partial charge in [0.15, 0.2) is 11.5 Å². The van der Waals surface area contributed by atoms with Crippen LogP contribution in [0.4, 0.5) is 11.5 Å². The predicted octanol–water partition coefficient (Wildman–Crippen LogP) is 5.11. The molecule has 0 atom stereocenters. The van der Waals surface area contributed by atoms with E-state index in [0.29, 0.717) is 29.4 Å². The monoisotopic (exact) mass is 558 g/mol. The Morgan fingerprint density at radius 3 is 2.70 bits per heavy atom. The third kappa shape index (κ3) is 3.82. The molecular weight excluding hydrogens is 540 g/mol. The highest BCUT2D eigenvalue weighted by Crippen LogP contribution is 2.42. The Morgan fingerprint density at radius 1 is 1.16 bits per heavy atom. The van der Waals surface area contributed by atoms with Crippen molar-refractivity contribution in [3.05, 3.63) is 70.6 Å². The lowest BCUT2D eigenvalue weighted by Gasteiger charge is -2.21. The fraction of sp³-hybridized carbons (Fsp3) is 0.120. The number of furan rings is 1. The topological polar surface area (TPSA) is 138 Å². The van der Waals surface area contributed by atoms with E-state index in [1.165, 1.54) is 6.20 Å². The van der Waals surface area contributed by atoms with Gasteiger partial charge in [-0.1, -0.05) is 31.2 Å². The summed E-state index contributed by atoms with van der Waals surface area (Å²) in [4.78, 5) is 22.2. The number of tetrazole rings is 1. The lowest BCUT2D eigenvalue weighted by Crippen LogP contribution is -2.14. The maximum absolute atomic E-state index is 11.5. The molecule has 0 fully saturated rings. The minimum absolute atomic E-state index is 0.0614. The number of aromatic amines is 1. The highest BCUT2D eigenvalue weighted by molar-refractivity contribution is 9.10. The SMILES string of the molecule is CCc1cc(N(C)c2ccc3oc(-c4ccccc4-c4nnn[nH]4)c(Br)c3c2)n2cc(C(=O)O)nc2n1. The number of carboxylic acid groups (broad SMARTS) is 1. The number of hydrogen-bond donors (Lipinski definition) is 2. The standard InChI is InChI=1S/C25H19BrN8O3/c1-3-13-10-20(34-12-18(24(35)36)28-25(34)27-13)33(2)14-8-9-19-17(11-14)21(26)22(37-19)15-6-4-5-7-16(15)23-29-31-32-30-23/h4-12H,3H2,1-2H3,(H,35,36)(H,29,30,31,32). The van der Waals surface area contributed by atoms with Crippen molar-refractivity contribution in [1.29, 1.82) is 0 Å². The lowest BCUT2D eigenvalue weighted by molar-refractivity contribution is 0.0691. The van der Waals surface area contributed by atoms with E-state index in [-0.39, 0.29) is 5.69 Å². The molecule has 0 aliphatic carbocycles. The number of imidazole rings is 1. The number of carbonyl (C=O) groups is 1. The first-order valence-electron chi connectivity index (χ1n) is 11.4. The molecule has 0 spiro atoms. The molecule has 2 aromatic carbocycles. The van der Waals surface area contributed by atoms with E-state index >= 15 is 0 Å². The molecule has 4 heterocycles. The molecule has 2 N–H and O–H groups in total. The number of halogens is 1. The van der Waals surface area contributed by atoms with Gasteiger partial charge in [0.25, 0.3) is 0 Å². The Bertz CT molecular complexity index is 1790. The molecule has 0 aliphatic heterocycles. The lowest BCUT2D eigenvalue weighted by atomic mass is 10.0. The van der Waals surface area contributed by atoms with Gasteiger partial charge in [-0.05, 0) is 51.0 Å². The second-order valence-corrected chi connectivity index (χ2v) is 9.13. The summed E-state index contributed by atoms with van der Waals surface area (Å²) in [5, 5.41) is 24.6. The Kier molecular flexibility index (Phi) is 5.45. The van der Waals surface area contributed by atoms with Gasteiger partial charge in [0.05, 0.1) is 4.47 Å². The molecule has 0 saturated carbocycles. The molecule has 0 saturated heterocycles. The molecule has 4 aromatic heterocycles. The summed E-state index contributed by atoms with van der Waals surface area (Å²) in [7, 11) is 1.91. The van der Waals surface area contributed by atoms with Crippen LogP contribution < -0.4 is 4.90 Å². The van der Waals surface area contributed by atoms with Crippen LogP contribution >= 0.6 is 15.9 Å². The second kappa shape index (κ2) is 8.82. The third-order valence-electron chi connectivity index (χ3n) is 6.17. The number of H-pyrrole nitrogens is 1. The Labute approximate surface area is 217 Å². The molecule has 0 unspecified atom stereocenters. The zero-order valence-electron chi connectivity index (χ0n) is 19.7. The maximum atomic E-state index is 11.5. The normalized spacial score (nSPS) is 11.4. The van der Waals surface area contributed by atoms with Gasteiger partial charge < -0.3 is 14.4 Å². The van der Waals surface area contributed by atoms with Crippen LogP contribution in [0.15, 0.2) is 63.6 Å². The number of fused-ring (bicyclic) bond motifs is 2. The van der Waals surface area contributed by atoms with Crippen molar-refractivity contribution < 1.29 is 14.3 Å². The van der Waals surface area contributed by atoms with E-state index < -0.39 is 5.97 Å². The number of nitrogens with zero attached hydrogens (tertiary/aromatic N) is 7. The van der Waals surface area contributed by atoms with Crippen LogP contribution in [0.5, 0.6) is 0 Å². The molecule has 184 valence electrons. The number of aromatic carboxylic acids is 1. The Morgan fingerprint density at radius 2 is 1.97 bits per heavy atom. The molecular formula is C25H19BrN8O3. The van der Waals surface area contributed by atoms with Gasteiger partial charge >= 0.3 is 5.97 Å². The number of anilines is 2. The molecule has 12 heteroatoms. The summed E-state index contributed by atoms with van der Waals surface area (Å²) in [6.45, 7) is 1.99. The predicted molar refractivity (Wildman–Crippen MR) is 140 cm³/mol. The number of benzene rings is 2. The summed E-state index contributed by atoms with van der Waals surface area (Å²) >= 11 is 3.74. The second-order valence-electron chi connectivity index (χ2n) is 8.34. The Hall–Kier alpha value is -4.58. The summed E-state index contributed by atoms with van der Waals surface area (Å²) < 4.78 is 8.74. The smallest absolute Gasteiger partial charge is 0.356 e. The molecule has 0 aliphatic rings. The first-order chi connectivity index (χ1) is 17.9. The van der Waals surface area contributed by atoms with Gasteiger partial charge in [-0.25, -0.2) is 19.9 Å². The van der Waals surface area contributed by atoms with Crippen molar-refractivity contribution in [2.45, 2.75) is 13.3 Å². The van der Waals surface area contributed by atoms with Crippen LogP contribution in [0.2, 0.25) is 0 Å². The first kappa shape index (κ1) is 22.9. The van der Waals surface area contributed by atoms with Crippen molar-refractivity contribution in [2.75, 3.05) is 11.9 Å². The quantitative estimate of drug-likeness (QED) is 0.285. The van der Waals surface area contributed by atoms with E-state index in [0.717, 1.165) is 38.2 Å². The van der Waals surface area contributed by atoms with Crippen LogP contribution in [0.25, 0.3) is 39.5 Å². The van der Waals surface area contributed by atoms with Crippen LogP contribution in [0, 0.1) is 0 Å². The zero-order valence-corrected chi connectivity index (χ0v) is 21.3. The Balaban J connectivity index is 1.47. The van der Waals surface area contributed by atoms with Crippen LogP contribution in [-0.4, -0.2) is 53.1 Å². The average Bonchev–Trinajstić information content (AvgIpc) is 3.67. The number of aryl methyl sites for hydroxylation is 1. The number of aromatic nitrogens is 7. The third-order valence-corrected chi connectivity index (χ3v) is 6.96. The average molecular weight is 559 g/mol. The van der Waals surface area contributed by atoms with Gasteiger partial charge in [-0.3, -0.25) is 4.40 Å². The van der Waals surface area contributed by atoms with E-state index in [9.17, 15) is 9.90 Å². The van der Waals surface area contributed by atoms with E-state index in [2.05, 4.69) is 46.5 Å². The van der Waals surface area contributed by atoms with Crippen LogP contribution in [-0.2, 0) is 6.42 Å². The highest BCUT2D eigenvalue weighted by Gasteiger charge is 2.21. The molecule has 6 aromatic rings. The maximum Gasteiger partial charge on any atom is 0.356 e. The van der Waals surface area contributed by atoms with Crippen molar-refractivity contribution >= 4 is 50.2 Å². The number of nitrogens with one attached hydrogen (secondary N) is 1. The summed E-state index contributed by atoms with van der Waals surface area (Å²) in [6, 6.07) is 15.5. The van der Waals surface area contributed by atoms with Crippen molar-refractivity contribution in [3.8, 4) is 22.7 Å². The van der Waals surface area contributed by atoms with Gasteiger partial charge in [-0.2, -0.15) is 0 Å². The fourth-order valence-electron chi connectivity index (χ4n) is 4.27. The van der Waals surface area contributed by atoms with E-state index in [4.69, 9.17) is 4.42 Å². The minimum atomic E-state index is -1.10. The van der Waals surface area contributed by atoms with Crippen molar-refractivity contribution in [3.63, 3.8) is 0 Å². The van der Waals surface area contributed by atoms with Crippen molar-refractivity contribution in [2.24, 2.45) is 0 Å².